The molecule has 98 valence electrons. The third kappa shape index (κ3) is 10.9. The van der Waals surface area contributed by atoms with Gasteiger partial charge in [-0.25, -0.2) is 0 Å². The van der Waals surface area contributed by atoms with Crippen molar-refractivity contribution in [1.82, 2.24) is 10.6 Å². The van der Waals surface area contributed by atoms with Crippen molar-refractivity contribution >= 4 is 17.8 Å². The summed E-state index contributed by atoms with van der Waals surface area (Å²) in [5, 5.41) is 4.98. The van der Waals surface area contributed by atoms with E-state index in [4.69, 9.17) is 0 Å². The van der Waals surface area contributed by atoms with Gasteiger partial charge in [-0.2, -0.15) is 0 Å². The third-order valence-corrected chi connectivity index (χ3v) is 1.94. The Hall–Kier alpha value is -1.39. The van der Waals surface area contributed by atoms with Gasteiger partial charge in [0.25, 0.3) is 0 Å². The summed E-state index contributed by atoms with van der Waals surface area (Å²) in [6.07, 6.45) is 1.97. The van der Waals surface area contributed by atoms with E-state index in [1.807, 2.05) is 0 Å². The second kappa shape index (κ2) is 7.04. The maximum Gasteiger partial charge on any atom is 0.223 e. The minimum Gasteiger partial charge on any atom is -0.297 e. The Bertz CT molecular complexity index is 285. The molecular weight excluding hydrogens is 218 g/mol. The molecule has 0 unspecified atom stereocenters. The average molecular weight is 241 g/mol. The Labute approximate surface area is 103 Å². The van der Waals surface area contributed by atoms with Crippen molar-refractivity contribution in [2.24, 2.45) is 10.4 Å². The Morgan fingerprint density at radius 3 is 1.88 bits per heavy atom. The highest BCUT2D eigenvalue weighted by molar-refractivity contribution is 6.03. The lowest BCUT2D eigenvalue weighted by atomic mass is 9.91. The molecule has 0 bridgehead atoms. The van der Waals surface area contributed by atoms with Gasteiger partial charge in [0.05, 0.1) is 0 Å². The molecule has 0 radical (unpaired) electrons. The number of guanidine groups is 1. The molecular formula is C12H23N3O2. The molecule has 0 aliphatic heterocycles. The lowest BCUT2D eigenvalue weighted by Crippen LogP contribution is -2.42. The molecule has 5 nitrogen and oxygen atoms in total. The standard InChI is InChI=1S/C12H23N3O2/c1-9(16)14-11(15-10(2)17)13-8-6-7-12(3,4)5/h6-8H2,1-5H3,(H2,13,14,15,16,17). The van der Waals surface area contributed by atoms with Crippen molar-refractivity contribution in [3.63, 3.8) is 0 Å². The summed E-state index contributed by atoms with van der Waals surface area (Å²) in [5.41, 5.74) is 0.275. The molecule has 0 aromatic rings. The predicted molar refractivity (Wildman–Crippen MR) is 68.6 cm³/mol. The minimum atomic E-state index is -0.242. The molecule has 0 aromatic carbocycles. The molecule has 0 aromatic heterocycles. The molecule has 0 aliphatic rings. The van der Waals surface area contributed by atoms with E-state index < -0.39 is 0 Å². The second-order valence-corrected chi connectivity index (χ2v) is 5.26. The van der Waals surface area contributed by atoms with Crippen LogP contribution >= 0.6 is 0 Å². The van der Waals surface area contributed by atoms with Gasteiger partial charge in [-0.05, 0) is 18.3 Å². The highest BCUT2D eigenvalue weighted by atomic mass is 16.2. The maximum atomic E-state index is 10.9. The second-order valence-electron chi connectivity index (χ2n) is 5.26. The quantitative estimate of drug-likeness (QED) is 0.446. The topological polar surface area (TPSA) is 70.6 Å². The maximum absolute atomic E-state index is 10.9. The molecule has 0 saturated heterocycles. The number of carbonyl (C=O) groups is 2. The normalized spacial score (nSPS) is 10.6. The summed E-state index contributed by atoms with van der Waals surface area (Å²) in [4.78, 5) is 25.9. The Morgan fingerprint density at radius 1 is 1.06 bits per heavy atom. The van der Waals surface area contributed by atoms with Crippen LogP contribution in [0.2, 0.25) is 0 Å². The largest absolute Gasteiger partial charge is 0.297 e. The van der Waals surface area contributed by atoms with Crippen molar-refractivity contribution in [2.45, 2.75) is 47.5 Å². The summed E-state index contributed by atoms with van der Waals surface area (Å²) in [6, 6.07) is 0. The van der Waals surface area contributed by atoms with Crippen LogP contribution < -0.4 is 10.6 Å². The van der Waals surface area contributed by atoms with Crippen LogP contribution in [0.25, 0.3) is 0 Å². The van der Waals surface area contributed by atoms with Gasteiger partial charge in [-0.3, -0.25) is 25.2 Å². The lowest BCUT2D eigenvalue weighted by molar-refractivity contribution is -0.117. The van der Waals surface area contributed by atoms with E-state index in [0.29, 0.717) is 6.54 Å². The van der Waals surface area contributed by atoms with E-state index in [1.54, 1.807) is 0 Å². The molecule has 0 aliphatic carbocycles. The van der Waals surface area contributed by atoms with Crippen molar-refractivity contribution in [2.75, 3.05) is 6.54 Å². The zero-order chi connectivity index (χ0) is 13.5. The first-order chi connectivity index (χ1) is 7.70. The van der Waals surface area contributed by atoms with Crippen molar-refractivity contribution in [3.05, 3.63) is 0 Å². The molecule has 0 saturated carbocycles. The third-order valence-electron chi connectivity index (χ3n) is 1.94. The van der Waals surface area contributed by atoms with E-state index in [0.717, 1.165) is 12.8 Å². The van der Waals surface area contributed by atoms with Crippen LogP contribution in [-0.2, 0) is 9.59 Å². The zero-order valence-corrected chi connectivity index (χ0v) is 11.4. The van der Waals surface area contributed by atoms with Gasteiger partial charge < -0.3 is 0 Å². The molecule has 2 N–H and O–H groups in total. The molecule has 0 rings (SSSR count). The van der Waals surface area contributed by atoms with Gasteiger partial charge in [-0.15, -0.1) is 0 Å². The Kier molecular flexibility index (Phi) is 6.46. The number of nitrogens with zero attached hydrogens (tertiary/aromatic N) is 1. The van der Waals surface area contributed by atoms with Gasteiger partial charge in [0, 0.05) is 20.4 Å². The number of rotatable bonds is 3. The van der Waals surface area contributed by atoms with Crippen LogP contribution in [0.5, 0.6) is 0 Å². The summed E-state index contributed by atoms with van der Waals surface area (Å²) in [5.74, 6) is -0.249. The molecule has 0 atom stereocenters. The SMILES string of the molecule is CC(=O)NC(=NCCCC(C)(C)C)NC(C)=O. The smallest absolute Gasteiger partial charge is 0.223 e. The number of nitrogens with one attached hydrogen (secondary N) is 2. The van der Waals surface area contributed by atoms with E-state index >= 15 is 0 Å². The lowest BCUT2D eigenvalue weighted by Gasteiger charge is -2.16. The molecule has 0 spiro atoms. The molecule has 0 heterocycles. The summed E-state index contributed by atoms with van der Waals surface area (Å²) < 4.78 is 0. The predicted octanol–water partition coefficient (Wildman–Crippen LogP) is 1.44. The van der Waals surface area contributed by atoms with Crippen LogP contribution in [0.3, 0.4) is 0 Å². The monoisotopic (exact) mass is 241 g/mol. The zero-order valence-electron chi connectivity index (χ0n) is 11.4. The van der Waals surface area contributed by atoms with Crippen LogP contribution in [0.4, 0.5) is 0 Å². The fraction of sp³-hybridized carbons (Fsp3) is 0.750. The van der Waals surface area contributed by atoms with E-state index in [9.17, 15) is 9.59 Å². The minimum absolute atomic E-state index is 0.235. The Balaban J connectivity index is 4.19. The molecule has 17 heavy (non-hydrogen) atoms. The highest BCUT2D eigenvalue weighted by Crippen LogP contribution is 2.20. The van der Waals surface area contributed by atoms with Gasteiger partial charge in [0.1, 0.15) is 0 Å². The summed E-state index contributed by atoms with van der Waals surface area (Å²) in [7, 11) is 0. The van der Waals surface area contributed by atoms with Crippen LogP contribution in [0.1, 0.15) is 47.5 Å². The van der Waals surface area contributed by atoms with Crippen LogP contribution in [0.15, 0.2) is 4.99 Å². The first-order valence-electron chi connectivity index (χ1n) is 5.80. The van der Waals surface area contributed by atoms with E-state index in [2.05, 4.69) is 36.4 Å². The molecule has 0 fully saturated rings. The fourth-order valence-electron chi connectivity index (χ4n) is 1.24. The number of hydrogen-bond donors (Lipinski definition) is 2. The van der Waals surface area contributed by atoms with Crippen LogP contribution in [0, 0.1) is 5.41 Å². The molecule has 5 heteroatoms. The van der Waals surface area contributed by atoms with Gasteiger partial charge in [0.15, 0.2) is 0 Å². The van der Waals surface area contributed by atoms with Gasteiger partial charge in [0.2, 0.25) is 17.8 Å². The molecule has 2 amide bonds. The summed E-state index contributed by atoms with van der Waals surface area (Å²) in [6.45, 7) is 9.85. The first-order valence-corrected chi connectivity index (χ1v) is 5.80. The number of hydrogen-bond acceptors (Lipinski definition) is 3. The first kappa shape index (κ1) is 15.6. The van der Waals surface area contributed by atoms with Crippen molar-refractivity contribution in [3.8, 4) is 0 Å². The summed E-state index contributed by atoms with van der Waals surface area (Å²) >= 11 is 0. The van der Waals surface area contributed by atoms with Crippen molar-refractivity contribution in [1.29, 1.82) is 0 Å². The van der Waals surface area contributed by atoms with Gasteiger partial charge in [-0.1, -0.05) is 20.8 Å². The number of carbonyl (C=O) groups excluding carboxylic acids is 2. The fourth-order valence-corrected chi connectivity index (χ4v) is 1.24. The van der Waals surface area contributed by atoms with Gasteiger partial charge >= 0.3 is 0 Å². The van der Waals surface area contributed by atoms with Crippen molar-refractivity contribution < 1.29 is 9.59 Å². The number of amides is 2. The van der Waals surface area contributed by atoms with E-state index in [1.165, 1.54) is 13.8 Å². The van der Waals surface area contributed by atoms with Crippen LogP contribution in [-0.4, -0.2) is 24.3 Å². The Morgan fingerprint density at radius 2 is 1.53 bits per heavy atom. The number of aliphatic imine (C=N–C) groups is 1. The highest BCUT2D eigenvalue weighted by Gasteiger charge is 2.09. The van der Waals surface area contributed by atoms with E-state index in [-0.39, 0.29) is 23.2 Å². The average Bonchev–Trinajstić information content (AvgIpc) is 2.08.